The minimum absolute atomic E-state index is 0.0690. The van der Waals surface area contributed by atoms with Crippen molar-refractivity contribution < 1.29 is 14.0 Å². The molecule has 4 rings (SSSR count). The van der Waals surface area contributed by atoms with Crippen molar-refractivity contribution in [3.05, 3.63) is 81.6 Å². The van der Waals surface area contributed by atoms with Crippen molar-refractivity contribution in [3.8, 4) is 0 Å². The van der Waals surface area contributed by atoms with Crippen LogP contribution in [0.2, 0.25) is 0 Å². The average Bonchev–Trinajstić information content (AvgIpc) is 3.31. The maximum atomic E-state index is 12.4. The van der Waals surface area contributed by atoms with Crippen LogP contribution in [0.1, 0.15) is 87.9 Å². The highest BCUT2D eigenvalue weighted by atomic mass is 16.4. The molecule has 2 amide bonds. The number of benzene rings is 2. The minimum Gasteiger partial charge on any atom is -0.424 e. The Bertz CT molecular complexity index is 1190. The Kier molecular flexibility index (Phi) is 6.76. The number of carbonyl (C=O) groups excluding carboxylic acids is 2. The van der Waals surface area contributed by atoms with Gasteiger partial charge in [-0.15, -0.1) is 10.2 Å². The zero-order valence-electron chi connectivity index (χ0n) is 20.9. The number of aromatic nitrogens is 2. The summed E-state index contributed by atoms with van der Waals surface area (Å²) in [4.78, 5) is 24.9. The molecule has 0 unspecified atom stereocenters. The maximum absolute atomic E-state index is 12.4. The van der Waals surface area contributed by atoms with Crippen molar-refractivity contribution in [2.75, 3.05) is 14.1 Å². The van der Waals surface area contributed by atoms with Gasteiger partial charge in [-0.1, -0.05) is 26.0 Å². The van der Waals surface area contributed by atoms with Crippen molar-refractivity contribution >= 4 is 11.8 Å². The summed E-state index contributed by atoms with van der Waals surface area (Å²) in [5.41, 5.74) is 10.8. The van der Waals surface area contributed by atoms with Gasteiger partial charge in [0.1, 0.15) is 5.41 Å². The molecule has 0 radical (unpaired) electrons. The fourth-order valence-electron chi connectivity index (χ4n) is 5.08. The summed E-state index contributed by atoms with van der Waals surface area (Å²) in [6.07, 6.45) is 1.90. The number of nitrogens with two attached hydrogens (primary N) is 1. The summed E-state index contributed by atoms with van der Waals surface area (Å²) < 4.78 is 6.32. The lowest BCUT2D eigenvalue weighted by atomic mass is 9.68. The molecule has 1 aromatic heterocycles. The van der Waals surface area contributed by atoms with E-state index in [4.69, 9.17) is 10.2 Å². The molecular formula is C27H33N5O3. The molecule has 4 N–H and O–H groups in total. The highest BCUT2D eigenvalue weighted by molar-refractivity contribution is 5.95. The summed E-state index contributed by atoms with van der Waals surface area (Å²) in [5, 5.41) is 14.3. The zero-order valence-corrected chi connectivity index (χ0v) is 20.9. The number of amides is 2. The summed E-state index contributed by atoms with van der Waals surface area (Å²) in [5.74, 6) is 0.812. The Morgan fingerprint density at radius 2 is 1.46 bits per heavy atom. The molecule has 1 heterocycles. The molecule has 1 atom stereocenters. The second-order valence-corrected chi connectivity index (χ2v) is 9.59. The van der Waals surface area contributed by atoms with E-state index in [9.17, 15) is 9.59 Å². The van der Waals surface area contributed by atoms with Gasteiger partial charge in [0.15, 0.2) is 0 Å². The number of hydrogen-bond acceptors (Lipinski definition) is 6. The number of aryl methyl sites for hydroxylation is 2. The Hall–Kier alpha value is -3.52. The normalized spacial score (nSPS) is 15.1. The Morgan fingerprint density at radius 1 is 0.943 bits per heavy atom. The molecule has 8 heteroatoms. The number of hydrogen-bond donors (Lipinski definition) is 3. The molecule has 35 heavy (non-hydrogen) atoms. The van der Waals surface area contributed by atoms with Gasteiger partial charge in [-0.3, -0.25) is 9.59 Å². The molecular weight excluding hydrogens is 442 g/mol. The average molecular weight is 476 g/mol. The number of nitrogens with zero attached hydrogens (tertiary/aromatic N) is 2. The van der Waals surface area contributed by atoms with Crippen molar-refractivity contribution in [1.29, 1.82) is 0 Å². The van der Waals surface area contributed by atoms with Crippen LogP contribution in [-0.4, -0.2) is 42.1 Å². The van der Waals surface area contributed by atoms with E-state index in [1.807, 2.05) is 57.2 Å². The first-order valence-corrected chi connectivity index (χ1v) is 12.0. The van der Waals surface area contributed by atoms with Crippen LogP contribution in [0.25, 0.3) is 0 Å². The van der Waals surface area contributed by atoms with Gasteiger partial charge in [0.2, 0.25) is 11.8 Å². The third kappa shape index (κ3) is 4.34. The monoisotopic (exact) mass is 475 g/mol. The quantitative estimate of drug-likeness (QED) is 0.503. The van der Waals surface area contributed by atoms with Gasteiger partial charge in [0, 0.05) is 37.2 Å². The Morgan fingerprint density at radius 3 is 1.86 bits per heavy atom. The van der Waals surface area contributed by atoms with Crippen LogP contribution in [0.5, 0.6) is 0 Å². The lowest BCUT2D eigenvalue weighted by Crippen LogP contribution is -2.37. The van der Waals surface area contributed by atoms with Crippen LogP contribution in [-0.2, 0) is 18.3 Å². The molecule has 0 saturated carbocycles. The summed E-state index contributed by atoms with van der Waals surface area (Å²) in [6.45, 7) is 5.98. The number of nitrogens with one attached hydrogen (secondary N) is 2. The van der Waals surface area contributed by atoms with Crippen molar-refractivity contribution in [3.63, 3.8) is 0 Å². The van der Waals surface area contributed by atoms with Crippen LogP contribution in [0, 0.1) is 0 Å². The fraction of sp³-hybridized carbons (Fsp3) is 0.407. The zero-order chi connectivity index (χ0) is 25.3. The van der Waals surface area contributed by atoms with E-state index in [1.54, 1.807) is 14.1 Å². The van der Waals surface area contributed by atoms with Crippen LogP contribution < -0.4 is 16.4 Å². The third-order valence-electron chi connectivity index (χ3n) is 6.70. The molecule has 1 aliphatic carbocycles. The third-order valence-corrected chi connectivity index (χ3v) is 6.70. The molecule has 0 aliphatic heterocycles. The van der Waals surface area contributed by atoms with Gasteiger partial charge in [0.25, 0.3) is 11.8 Å². The van der Waals surface area contributed by atoms with Gasteiger partial charge < -0.3 is 20.8 Å². The minimum atomic E-state index is -0.822. The molecule has 0 bridgehead atoms. The highest BCUT2D eigenvalue weighted by Gasteiger charge is 2.46. The van der Waals surface area contributed by atoms with E-state index in [-0.39, 0.29) is 23.8 Å². The number of carbonyl (C=O) groups is 2. The van der Waals surface area contributed by atoms with Gasteiger partial charge in [0.05, 0.1) is 0 Å². The molecule has 8 nitrogen and oxygen atoms in total. The molecule has 3 aromatic rings. The van der Waals surface area contributed by atoms with Crippen LogP contribution >= 0.6 is 0 Å². The summed E-state index contributed by atoms with van der Waals surface area (Å²) >= 11 is 0. The van der Waals surface area contributed by atoms with Crippen LogP contribution in [0.15, 0.2) is 40.8 Å². The second-order valence-electron chi connectivity index (χ2n) is 9.59. The Labute approximate surface area is 205 Å². The SMILES string of the molecule is CNC(=O)c1ccc2c(c1)CCc1cc(C(=O)NC)ccc1C2(C[C@@H](C)N)c1nnc(C(C)C)o1. The second kappa shape index (κ2) is 9.62. The van der Waals surface area contributed by atoms with E-state index in [0.29, 0.717) is 42.2 Å². The molecule has 0 spiro atoms. The first kappa shape index (κ1) is 24.6. The molecule has 2 aromatic carbocycles. The lowest BCUT2D eigenvalue weighted by molar-refractivity contribution is 0.0955. The number of fused-ring (bicyclic) bond motifs is 2. The van der Waals surface area contributed by atoms with E-state index in [2.05, 4.69) is 20.8 Å². The Balaban J connectivity index is 2.05. The lowest BCUT2D eigenvalue weighted by Gasteiger charge is -2.35. The van der Waals surface area contributed by atoms with E-state index >= 15 is 0 Å². The largest absolute Gasteiger partial charge is 0.424 e. The van der Waals surface area contributed by atoms with E-state index in [1.165, 1.54) is 0 Å². The smallest absolute Gasteiger partial charge is 0.251 e. The van der Waals surface area contributed by atoms with Crippen LogP contribution in [0.4, 0.5) is 0 Å². The van der Waals surface area contributed by atoms with E-state index in [0.717, 1.165) is 22.3 Å². The van der Waals surface area contributed by atoms with Crippen LogP contribution in [0.3, 0.4) is 0 Å². The predicted octanol–water partition coefficient (Wildman–Crippen LogP) is 3.08. The number of rotatable bonds is 6. The van der Waals surface area contributed by atoms with Gasteiger partial charge in [-0.25, -0.2) is 0 Å². The maximum Gasteiger partial charge on any atom is 0.251 e. The summed E-state index contributed by atoms with van der Waals surface area (Å²) in [7, 11) is 3.24. The highest BCUT2D eigenvalue weighted by Crippen LogP contribution is 2.47. The topological polar surface area (TPSA) is 123 Å². The first-order valence-electron chi connectivity index (χ1n) is 12.0. The first-order chi connectivity index (χ1) is 16.7. The van der Waals surface area contributed by atoms with Gasteiger partial charge in [-0.05, 0) is 72.7 Å². The summed E-state index contributed by atoms with van der Waals surface area (Å²) in [6, 6.07) is 11.3. The van der Waals surface area contributed by atoms with Crippen molar-refractivity contribution in [1.82, 2.24) is 20.8 Å². The molecule has 184 valence electrons. The molecule has 0 saturated heterocycles. The van der Waals surface area contributed by atoms with Gasteiger partial charge >= 0.3 is 0 Å². The standard InChI is InChI=1S/C27H33N5O3/c1-15(2)25-31-32-26(35-25)27(14-16(3)28)21-10-8-19(23(33)29-4)12-17(21)6-7-18-13-20(24(34)30-5)9-11-22(18)27/h8-13,15-16H,6-7,14,28H2,1-5H3,(H,29,33)(H,30,34)/t16-/m1/s1. The van der Waals surface area contributed by atoms with Crippen molar-refractivity contribution in [2.45, 2.75) is 57.4 Å². The van der Waals surface area contributed by atoms with E-state index < -0.39 is 5.41 Å². The molecule has 1 aliphatic rings. The van der Waals surface area contributed by atoms with Crippen molar-refractivity contribution in [2.24, 2.45) is 5.73 Å². The predicted molar refractivity (Wildman–Crippen MR) is 134 cm³/mol. The molecule has 0 fully saturated rings. The van der Waals surface area contributed by atoms with Gasteiger partial charge in [-0.2, -0.15) is 0 Å². The fourth-order valence-corrected chi connectivity index (χ4v) is 5.08.